The van der Waals surface area contributed by atoms with Crippen molar-refractivity contribution in [3.63, 3.8) is 0 Å². The average molecular weight is 311 g/mol. The number of halogens is 1. The van der Waals surface area contributed by atoms with Gasteiger partial charge in [-0.1, -0.05) is 12.1 Å². The standard InChI is InChI=1S/C11H7BrN2O4/c1-5-2-3-6-8(10(5)14(17)18)7(12)4-13-9(6)11(15)16/h2-4H,1H3,(H,15,16). The maximum atomic E-state index is 11.1. The van der Waals surface area contributed by atoms with Crippen molar-refractivity contribution in [1.82, 2.24) is 4.98 Å². The summed E-state index contributed by atoms with van der Waals surface area (Å²) >= 11 is 3.17. The number of nitrogens with zero attached hydrogens (tertiary/aromatic N) is 2. The maximum Gasteiger partial charge on any atom is 0.355 e. The van der Waals surface area contributed by atoms with Crippen molar-refractivity contribution in [1.29, 1.82) is 0 Å². The van der Waals surface area contributed by atoms with Crippen LogP contribution in [0.3, 0.4) is 0 Å². The van der Waals surface area contributed by atoms with E-state index in [1.807, 2.05) is 0 Å². The molecule has 2 rings (SSSR count). The summed E-state index contributed by atoms with van der Waals surface area (Å²) in [5, 5.41) is 20.6. The molecular weight excluding hydrogens is 304 g/mol. The van der Waals surface area contributed by atoms with Gasteiger partial charge in [0.05, 0.1) is 14.8 Å². The highest BCUT2D eigenvalue weighted by atomic mass is 79.9. The van der Waals surface area contributed by atoms with Gasteiger partial charge in [-0.25, -0.2) is 9.78 Å². The van der Waals surface area contributed by atoms with E-state index in [-0.39, 0.29) is 22.2 Å². The number of rotatable bonds is 2. The normalized spacial score (nSPS) is 10.6. The zero-order valence-corrected chi connectivity index (χ0v) is 10.8. The van der Waals surface area contributed by atoms with Crippen LogP contribution in [-0.2, 0) is 0 Å². The molecule has 0 bridgehead atoms. The number of carboxylic acids is 1. The number of benzene rings is 1. The molecule has 0 atom stereocenters. The van der Waals surface area contributed by atoms with Crippen molar-refractivity contribution in [3.05, 3.63) is 44.2 Å². The van der Waals surface area contributed by atoms with Gasteiger partial charge in [0.25, 0.3) is 5.69 Å². The molecule has 0 saturated carbocycles. The van der Waals surface area contributed by atoms with E-state index in [4.69, 9.17) is 5.11 Å². The zero-order chi connectivity index (χ0) is 13.4. The molecule has 18 heavy (non-hydrogen) atoms. The minimum Gasteiger partial charge on any atom is -0.476 e. The minimum atomic E-state index is -1.22. The van der Waals surface area contributed by atoms with Gasteiger partial charge in [-0.2, -0.15) is 0 Å². The summed E-state index contributed by atoms with van der Waals surface area (Å²) in [5.74, 6) is -1.22. The molecule has 0 spiro atoms. The number of aryl methyl sites for hydroxylation is 1. The van der Waals surface area contributed by atoms with Crippen molar-refractivity contribution in [3.8, 4) is 0 Å². The molecule has 1 N–H and O–H groups in total. The first-order valence-electron chi connectivity index (χ1n) is 4.89. The van der Waals surface area contributed by atoms with E-state index < -0.39 is 10.9 Å². The number of carbonyl (C=O) groups is 1. The third-order valence-electron chi connectivity index (χ3n) is 2.57. The molecule has 0 saturated heterocycles. The van der Waals surface area contributed by atoms with E-state index in [1.165, 1.54) is 18.3 Å². The highest BCUT2D eigenvalue weighted by Gasteiger charge is 2.22. The Hall–Kier alpha value is -2.02. The Kier molecular flexibility index (Phi) is 3.00. The fraction of sp³-hybridized carbons (Fsp3) is 0.0909. The summed E-state index contributed by atoms with van der Waals surface area (Å²) in [6, 6.07) is 3.04. The predicted molar refractivity (Wildman–Crippen MR) is 67.8 cm³/mol. The van der Waals surface area contributed by atoms with Gasteiger partial charge >= 0.3 is 5.97 Å². The number of nitro benzene ring substituents is 1. The fourth-order valence-corrected chi connectivity index (χ4v) is 2.30. The molecule has 1 aromatic carbocycles. The van der Waals surface area contributed by atoms with Crippen molar-refractivity contribution in [2.75, 3.05) is 0 Å². The third-order valence-corrected chi connectivity index (χ3v) is 3.17. The van der Waals surface area contributed by atoms with Crippen molar-refractivity contribution in [2.45, 2.75) is 6.92 Å². The van der Waals surface area contributed by atoms with Gasteiger partial charge in [0.15, 0.2) is 5.69 Å². The summed E-state index contributed by atoms with van der Waals surface area (Å²) in [7, 11) is 0. The van der Waals surface area contributed by atoms with E-state index >= 15 is 0 Å². The van der Waals surface area contributed by atoms with Gasteiger partial charge in [0.1, 0.15) is 0 Å². The molecule has 0 aliphatic rings. The summed E-state index contributed by atoms with van der Waals surface area (Å²) in [5.41, 5.74) is 0.163. The first kappa shape index (κ1) is 12.4. The van der Waals surface area contributed by atoms with Crippen LogP contribution in [0.1, 0.15) is 16.1 Å². The van der Waals surface area contributed by atoms with Gasteiger partial charge in [-0.15, -0.1) is 0 Å². The SMILES string of the molecule is Cc1ccc2c(C(=O)O)ncc(Br)c2c1[N+](=O)[O-]. The molecule has 0 fully saturated rings. The lowest BCUT2D eigenvalue weighted by Gasteiger charge is -2.06. The molecule has 7 heteroatoms. The number of aromatic nitrogens is 1. The van der Waals surface area contributed by atoms with Crippen LogP contribution in [0.4, 0.5) is 5.69 Å². The Balaban J connectivity index is 3.02. The van der Waals surface area contributed by atoms with E-state index in [0.29, 0.717) is 10.0 Å². The largest absolute Gasteiger partial charge is 0.476 e. The molecule has 0 unspecified atom stereocenters. The van der Waals surface area contributed by atoms with Crippen LogP contribution >= 0.6 is 15.9 Å². The predicted octanol–water partition coefficient (Wildman–Crippen LogP) is 2.91. The lowest BCUT2D eigenvalue weighted by molar-refractivity contribution is -0.383. The van der Waals surface area contributed by atoms with Crippen molar-refractivity contribution >= 4 is 38.4 Å². The summed E-state index contributed by atoms with van der Waals surface area (Å²) in [4.78, 5) is 25.4. The quantitative estimate of drug-likeness (QED) is 0.680. The van der Waals surface area contributed by atoms with Crippen LogP contribution in [0.5, 0.6) is 0 Å². The number of nitro groups is 1. The van der Waals surface area contributed by atoms with Gasteiger partial charge in [0, 0.05) is 17.1 Å². The number of aromatic carboxylic acids is 1. The van der Waals surface area contributed by atoms with Gasteiger partial charge in [-0.3, -0.25) is 10.1 Å². The molecule has 2 aromatic rings. The van der Waals surface area contributed by atoms with Crippen LogP contribution in [0.15, 0.2) is 22.8 Å². The summed E-state index contributed by atoms with van der Waals surface area (Å²) < 4.78 is 0.401. The lowest BCUT2D eigenvalue weighted by atomic mass is 10.0. The van der Waals surface area contributed by atoms with Crippen molar-refractivity contribution < 1.29 is 14.8 Å². The second-order valence-corrected chi connectivity index (χ2v) is 4.52. The Morgan fingerprint density at radius 1 is 1.50 bits per heavy atom. The summed E-state index contributed by atoms with van der Waals surface area (Å²) in [6.07, 6.45) is 1.26. The van der Waals surface area contributed by atoms with Gasteiger partial charge in [-0.05, 0) is 22.9 Å². The average Bonchev–Trinajstić information content (AvgIpc) is 2.28. The zero-order valence-electron chi connectivity index (χ0n) is 9.18. The monoisotopic (exact) mass is 310 g/mol. The van der Waals surface area contributed by atoms with Crippen LogP contribution in [0, 0.1) is 17.0 Å². The number of hydrogen-bond donors (Lipinski definition) is 1. The topological polar surface area (TPSA) is 93.3 Å². The Bertz CT molecular complexity index is 684. The fourth-order valence-electron chi connectivity index (χ4n) is 1.80. The summed E-state index contributed by atoms with van der Waals surface area (Å²) in [6.45, 7) is 1.60. The third kappa shape index (κ3) is 1.82. The highest BCUT2D eigenvalue weighted by Crippen LogP contribution is 2.35. The molecule has 92 valence electrons. The Morgan fingerprint density at radius 3 is 2.72 bits per heavy atom. The Morgan fingerprint density at radius 2 is 2.17 bits per heavy atom. The molecular formula is C11H7BrN2O4. The van der Waals surface area contributed by atoms with E-state index in [1.54, 1.807) is 6.92 Å². The van der Waals surface area contributed by atoms with E-state index in [2.05, 4.69) is 20.9 Å². The number of carboxylic acid groups (broad SMARTS) is 1. The van der Waals surface area contributed by atoms with Crippen LogP contribution < -0.4 is 0 Å². The van der Waals surface area contributed by atoms with Crippen LogP contribution in [0.25, 0.3) is 10.8 Å². The number of pyridine rings is 1. The molecule has 0 radical (unpaired) electrons. The second-order valence-electron chi connectivity index (χ2n) is 3.67. The van der Waals surface area contributed by atoms with Gasteiger partial charge in [0.2, 0.25) is 0 Å². The highest BCUT2D eigenvalue weighted by molar-refractivity contribution is 9.10. The van der Waals surface area contributed by atoms with E-state index in [9.17, 15) is 14.9 Å². The Labute approximate surface area is 110 Å². The maximum absolute atomic E-state index is 11.1. The smallest absolute Gasteiger partial charge is 0.355 e. The molecule has 0 aliphatic heterocycles. The first-order valence-corrected chi connectivity index (χ1v) is 5.68. The second kappa shape index (κ2) is 4.34. The lowest BCUT2D eigenvalue weighted by Crippen LogP contribution is -2.03. The molecule has 0 aliphatic carbocycles. The van der Waals surface area contributed by atoms with Crippen LogP contribution in [-0.4, -0.2) is 21.0 Å². The van der Waals surface area contributed by atoms with Gasteiger partial charge < -0.3 is 5.11 Å². The van der Waals surface area contributed by atoms with Crippen molar-refractivity contribution in [2.24, 2.45) is 0 Å². The number of hydrogen-bond acceptors (Lipinski definition) is 4. The molecule has 6 nitrogen and oxygen atoms in total. The van der Waals surface area contributed by atoms with Crippen LogP contribution in [0.2, 0.25) is 0 Å². The first-order chi connectivity index (χ1) is 8.43. The number of fused-ring (bicyclic) bond motifs is 1. The molecule has 0 amide bonds. The van der Waals surface area contributed by atoms with E-state index in [0.717, 1.165) is 0 Å². The minimum absolute atomic E-state index is 0.107. The molecule has 1 aromatic heterocycles. The molecule has 1 heterocycles.